The third-order valence-corrected chi connectivity index (χ3v) is 6.70. The SMILES string of the molecule is C=CC(=O)OC(COCCCC)COc1c2ccccc2c(OCC(COCCCC)OC(=O)C=C)c2cc(C)ccc12. The van der Waals surface area contributed by atoms with Gasteiger partial charge in [0.05, 0.1) is 13.2 Å². The molecule has 0 saturated heterocycles. The first-order valence-electron chi connectivity index (χ1n) is 14.9. The summed E-state index contributed by atoms with van der Waals surface area (Å²) in [6.45, 7) is 14.9. The molecule has 0 aliphatic heterocycles. The number of benzene rings is 3. The molecule has 0 saturated carbocycles. The lowest BCUT2D eigenvalue weighted by Gasteiger charge is -2.23. The summed E-state index contributed by atoms with van der Waals surface area (Å²) in [5.41, 5.74) is 1.04. The average molecular weight is 593 g/mol. The van der Waals surface area contributed by atoms with Crippen LogP contribution in [0.3, 0.4) is 0 Å². The number of esters is 2. The van der Waals surface area contributed by atoms with E-state index in [9.17, 15) is 9.59 Å². The fraction of sp³-hybridized carbons (Fsp3) is 0.429. The van der Waals surface area contributed by atoms with Crippen LogP contribution in [0.4, 0.5) is 0 Å². The van der Waals surface area contributed by atoms with Crippen LogP contribution in [0.1, 0.15) is 45.1 Å². The van der Waals surface area contributed by atoms with Gasteiger partial charge < -0.3 is 28.4 Å². The molecule has 3 aromatic rings. The van der Waals surface area contributed by atoms with Gasteiger partial charge in [-0.1, -0.05) is 81.8 Å². The monoisotopic (exact) mass is 592 g/mol. The van der Waals surface area contributed by atoms with Crippen molar-refractivity contribution >= 4 is 33.5 Å². The molecule has 2 atom stereocenters. The molecule has 0 aliphatic rings. The van der Waals surface area contributed by atoms with E-state index < -0.39 is 24.1 Å². The van der Waals surface area contributed by atoms with Crippen molar-refractivity contribution in [3.63, 3.8) is 0 Å². The summed E-state index contributed by atoms with van der Waals surface area (Å²) in [7, 11) is 0. The van der Waals surface area contributed by atoms with Crippen molar-refractivity contribution in [1.82, 2.24) is 0 Å². The molecule has 0 radical (unpaired) electrons. The smallest absolute Gasteiger partial charge is 0.330 e. The first kappa shape index (κ1) is 33.6. The van der Waals surface area contributed by atoms with Gasteiger partial charge in [-0.05, 0) is 25.8 Å². The molecular formula is C35H44O8. The number of aryl methyl sites for hydroxylation is 1. The Kier molecular flexibility index (Phi) is 14.0. The van der Waals surface area contributed by atoms with Crippen LogP contribution in [0.5, 0.6) is 11.5 Å². The minimum Gasteiger partial charge on any atom is -0.488 e. The summed E-state index contributed by atoms with van der Waals surface area (Å²) in [5.74, 6) is 0.218. The quantitative estimate of drug-likeness (QED) is 0.0607. The van der Waals surface area contributed by atoms with E-state index in [1.807, 2.05) is 49.4 Å². The summed E-state index contributed by atoms with van der Waals surface area (Å²) in [5, 5.41) is 3.33. The number of unbranched alkanes of at least 4 members (excludes halogenated alkanes) is 2. The molecule has 2 unspecified atom stereocenters. The van der Waals surface area contributed by atoms with Gasteiger partial charge in [-0.3, -0.25) is 0 Å². The van der Waals surface area contributed by atoms with Gasteiger partial charge in [-0.2, -0.15) is 0 Å². The van der Waals surface area contributed by atoms with Gasteiger partial charge in [-0.15, -0.1) is 0 Å². The zero-order valence-corrected chi connectivity index (χ0v) is 25.6. The van der Waals surface area contributed by atoms with Crippen LogP contribution in [0.2, 0.25) is 0 Å². The Hall–Kier alpha value is -3.88. The molecule has 0 fully saturated rings. The fourth-order valence-electron chi connectivity index (χ4n) is 4.46. The Morgan fingerprint density at radius 3 is 1.63 bits per heavy atom. The molecule has 8 nitrogen and oxygen atoms in total. The van der Waals surface area contributed by atoms with Crippen LogP contribution >= 0.6 is 0 Å². The molecule has 0 heterocycles. The van der Waals surface area contributed by atoms with Crippen LogP contribution in [-0.2, 0) is 28.5 Å². The third-order valence-electron chi connectivity index (χ3n) is 6.70. The number of rotatable bonds is 20. The molecule has 0 amide bonds. The number of hydrogen-bond acceptors (Lipinski definition) is 8. The second kappa shape index (κ2) is 17.9. The Morgan fingerprint density at radius 2 is 1.16 bits per heavy atom. The van der Waals surface area contributed by atoms with Crippen LogP contribution in [0.25, 0.3) is 21.5 Å². The highest BCUT2D eigenvalue weighted by Gasteiger charge is 2.22. The number of carbonyl (C=O) groups is 2. The van der Waals surface area contributed by atoms with Crippen molar-refractivity contribution in [3.05, 3.63) is 73.3 Å². The zero-order chi connectivity index (χ0) is 31.0. The Bertz CT molecular complexity index is 1360. The predicted octanol–water partition coefficient (Wildman–Crippen LogP) is 6.89. The molecule has 0 bridgehead atoms. The van der Waals surface area contributed by atoms with Crippen molar-refractivity contribution in [2.24, 2.45) is 0 Å². The van der Waals surface area contributed by atoms with Crippen LogP contribution in [0.15, 0.2) is 67.8 Å². The van der Waals surface area contributed by atoms with Gasteiger partial charge >= 0.3 is 11.9 Å². The molecule has 8 heteroatoms. The lowest BCUT2D eigenvalue weighted by Crippen LogP contribution is -2.30. The first-order chi connectivity index (χ1) is 20.9. The van der Waals surface area contributed by atoms with Crippen molar-refractivity contribution < 1.29 is 38.0 Å². The van der Waals surface area contributed by atoms with Gasteiger partial charge in [0.2, 0.25) is 0 Å². The van der Waals surface area contributed by atoms with E-state index in [1.54, 1.807) is 0 Å². The molecule has 0 aromatic heterocycles. The second-order valence-electron chi connectivity index (χ2n) is 10.3. The lowest BCUT2D eigenvalue weighted by molar-refractivity contribution is -0.148. The summed E-state index contributed by atoms with van der Waals surface area (Å²) in [4.78, 5) is 24.1. The van der Waals surface area contributed by atoms with E-state index in [0.29, 0.717) is 24.7 Å². The Balaban J connectivity index is 1.95. The van der Waals surface area contributed by atoms with Crippen LogP contribution in [-0.4, -0.2) is 63.8 Å². The van der Waals surface area contributed by atoms with Crippen molar-refractivity contribution in [2.45, 2.75) is 58.7 Å². The number of fused-ring (bicyclic) bond motifs is 2. The maximum absolute atomic E-state index is 12.0. The van der Waals surface area contributed by atoms with Crippen LogP contribution < -0.4 is 9.47 Å². The number of hydrogen-bond donors (Lipinski definition) is 0. The summed E-state index contributed by atoms with van der Waals surface area (Å²) in [6, 6.07) is 13.8. The standard InChI is InChI=1S/C35H44O8/c1-6-10-18-38-21-26(42-32(36)8-3)23-40-34-28-14-12-13-15-29(28)35(31-20-25(5)16-17-30(31)34)41-24-27(43-33(37)9-4)22-39-19-11-7-2/h8-9,12-17,20,26-27H,3-4,6-7,10-11,18-19,21-24H2,1-2,5H3. The van der Waals surface area contributed by atoms with Gasteiger partial charge in [0.15, 0.2) is 12.2 Å². The number of carbonyl (C=O) groups excluding carboxylic acids is 2. The molecule has 0 spiro atoms. The zero-order valence-electron chi connectivity index (χ0n) is 25.6. The second-order valence-corrected chi connectivity index (χ2v) is 10.3. The maximum atomic E-state index is 12.0. The molecular weight excluding hydrogens is 548 g/mol. The molecule has 0 N–H and O–H groups in total. The molecule has 3 aromatic carbocycles. The maximum Gasteiger partial charge on any atom is 0.330 e. The summed E-state index contributed by atoms with van der Waals surface area (Å²) < 4.78 is 35.4. The highest BCUT2D eigenvalue weighted by atomic mass is 16.6. The molecule has 3 rings (SSSR count). The van der Waals surface area contributed by atoms with E-state index in [1.165, 1.54) is 0 Å². The van der Waals surface area contributed by atoms with E-state index >= 15 is 0 Å². The Labute approximate surface area is 254 Å². The van der Waals surface area contributed by atoms with Gasteiger partial charge in [0.1, 0.15) is 24.7 Å². The molecule has 43 heavy (non-hydrogen) atoms. The topological polar surface area (TPSA) is 89.5 Å². The first-order valence-corrected chi connectivity index (χ1v) is 14.9. The molecule has 232 valence electrons. The number of ether oxygens (including phenoxy) is 6. The Morgan fingerprint density at radius 1 is 0.698 bits per heavy atom. The lowest BCUT2D eigenvalue weighted by atomic mass is 9.99. The third kappa shape index (κ3) is 10.1. The predicted molar refractivity (Wildman–Crippen MR) is 169 cm³/mol. The van der Waals surface area contributed by atoms with E-state index in [4.69, 9.17) is 28.4 Å². The minimum absolute atomic E-state index is 0.0908. The fourth-order valence-corrected chi connectivity index (χ4v) is 4.46. The normalized spacial score (nSPS) is 12.4. The van der Waals surface area contributed by atoms with Crippen molar-refractivity contribution in [2.75, 3.05) is 39.6 Å². The van der Waals surface area contributed by atoms with Gasteiger partial charge in [0, 0.05) is 46.9 Å². The van der Waals surface area contributed by atoms with E-state index in [2.05, 4.69) is 27.0 Å². The highest BCUT2D eigenvalue weighted by molar-refractivity contribution is 6.11. The highest BCUT2D eigenvalue weighted by Crippen LogP contribution is 2.43. The van der Waals surface area contributed by atoms with Crippen molar-refractivity contribution in [3.8, 4) is 11.5 Å². The van der Waals surface area contributed by atoms with Gasteiger partial charge in [0.25, 0.3) is 0 Å². The molecule has 0 aliphatic carbocycles. The van der Waals surface area contributed by atoms with E-state index in [-0.39, 0.29) is 26.4 Å². The average Bonchev–Trinajstić information content (AvgIpc) is 3.02. The largest absolute Gasteiger partial charge is 0.488 e. The summed E-state index contributed by atoms with van der Waals surface area (Å²) >= 11 is 0. The minimum atomic E-state index is -0.620. The van der Waals surface area contributed by atoms with Gasteiger partial charge in [-0.25, -0.2) is 9.59 Å². The summed E-state index contributed by atoms with van der Waals surface area (Å²) in [6.07, 6.45) is 4.86. The van der Waals surface area contributed by atoms with Crippen molar-refractivity contribution in [1.29, 1.82) is 0 Å². The van der Waals surface area contributed by atoms with E-state index in [0.717, 1.165) is 64.9 Å². The van der Waals surface area contributed by atoms with Crippen LogP contribution in [0, 0.1) is 6.92 Å².